The largest absolute Gasteiger partial charge is 0.495 e. The van der Waals surface area contributed by atoms with E-state index in [1.165, 1.54) is 17.5 Å². The van der Waals surface area contributed by atoms with E-state index in [9.17, 15) is 13.2 Å². The maximum Gasteiger partial charge on any atom is 0.232 e. The zero-order valence-corrected chi connectivity index (χ0v) is 18.3. The van der Waals surface area contributed by atoms with Crippen molar-refractivity contribution >= 4 is 50.7 Å². The molecule has 9 heteroatoms. The van der Waals surface area contributed by atoms with Crippen molar-refractivity contribution in [3.8, 4) is 5.75 Å². The molecule has 0 spiro atoms. The Morgan fingerprint density at radius 1 is 1.25 bits per heavy atom. The first-order valence-electron chi connectivity index (χ1n) is 8.50. The number of amides is 1. The summed E-state index contributed by atoms with van der Waals surface area (Å²) in [5.74, 6) is 0.299. The van der Waals surface area contributed by atoms with E-state index >= 15 is 0 Å². The standard InChI is InChI=1S/C19H23ClN2O4S2/c1-26-17-11-10-14(13-15(17)20)22(28(3,24)25)12-6-9-19(23)21-16-7-4-5-8-18(16)27-2/h4-5,7-8,10-11,13H,6,9,12H2,1-3H3,(H,21,23). The van der Waals surface area contributed by atoms with Gasteiger partial charge in [-0.25, -0.2) is 8.42 Å². The second-order valence-corrected chi connectivity index (χ2v) is 9.17. The zero-order valence-electron chi connectivity index (χ0n) is 15.9. The van der Waals surface area contributed by atoms with Crippen LogP contribution < -0.4 is 14.4 Å². The van der Waals surface area contributed by atoms with Gasteiger partial charge in [0, 0.05) is 17.9 Å². The number of methoxy groups -OCH3 is 1. The van der Waals surface area contributed by atoms with Crippen LogP contribution in [0.25, 0.3) is 0 Å². The summed E-state index contributed by atoms with van der Waals surface area (Å²) in [6.07, 6.45) is 3.62. The monoisotopic (exact) mass is 442 g/mol. The number of hydrogen-bond acceptors (Lipinski definition) is 5. The van der Waals surface area contributed by atoms with Crippen molar-refractivity contribution < 1.29 is 17.9 Å². The van der Waals surface area contributed by atoms with Gasteiger partial charge in [0.25, 0.3) is 0 Å². The Kier molecular flexibility index (Phi) is 8.03. The van der Waals surface area contributed by atoms with E-state index in [1.807, 2.05) is 30.5 Å². The van der Waals surface area contributed by atoms with Crippen LogP contribution in [0.15, 0.2) is 47.4 Å². The molecular formula is C19H23ClN2O4S2. The number of halogens is 1. The van der Waals surface area contributed by atoms with Gasteiger partial charge >= 0.3 is 0 Å². The number of nitrogens with zero attached hydrogens (tertiary/aromatic N) is 1. The second kappa shape index (κ2) is 10.0. The predicted molar refractivity (Wildman–Crippen MR) is 116 cm³/mol. The number of carbonyl (C=O) groups is 1. The van der Waals surface area contributed by atoms with Gasteiger partial charge in [0.1, 0.15) is 5.75 Å². The molecule has 0 radical (unpaired) electrons. The summed E-state index contributed by atoms with van der Waals surface area (Å²) in [4.78, 5) is 13.2. The molecule has 2 rings (SSSR count). The summed E-state index contributed by atoms with van der Waals surface area (Å²) in [6.45, 7) is 0.166. The van der Waals surface area contributed by atoms with Crippen molar-refractivity contribution in [1.29, 1.82) is 0 Å². The molecule has 0 heterocycles. The number of rotatable bonds is 9. The molecule has 0 aromatic heterocycles. The van der Waals surface area contributed by atoms with Gasteiger partial charge in [-0.15, -0.1) is 11.8 Å². The van der Waals surface area contributed by atoms with Gasteiger partial charge in [-0.3, -0.25) is 9.10 Å². The molecule has 0 saturated carbocycles. The molecule has 0 atom stereocenters. The fourth-order valence-electron chi connectivity index (χ4n) is 2.64. The first-order valence-corrected chi connectivity index (χ1v) is 12.0. The number of nitrogens with one attached hydrogen (secondary N) is 1. The summed E-state index contributed by atoms with van der Waals surface area (Å²) in [5, 5.41) is 3.19. The zero-order chi connectivity index (χ0) is 20.7. The Morgan fingerprint density at radius 2 is 1.96 bits per heavy atom. The van der Waals surface area contributed by atoms with Crippen LogP contribution in [-0.2, 0) is 14.8 Å². The Balaban J connectivity index is 2.03. The molecule has 0 aliphatic rings. The minimum Gasteiger partial charge on any atom is -0.495 e. The van der Waals surface area contributed by atoms with E-state index in [-0.39, 0.29) is 18.9 Å². The van der Waals surface area contributed by atoms with Crippen molar-refractivity contribution in [2.45, 2.75) is 17.7 Å². The van der Waals surface area contributed by atoms with E-state index in [2.05, 4.69) is 5.32 Å². The van der Waals surface area contributed by atoms with E-state index in [0.717, 1.165) is 16.8 Å². The molecule has 152 valence electrons. The van der Waals surface area contributed by atoms with Crippen LogP contribution in [0.1, 0.15) is 12.8 Å². The number of thioether (sulfide) groups is 1. The SMILES string of the molecule is COc1ccc(N(CCCC(=O)Nc2ccccc2SC)S(C)(=O)=O)cc1Cl. The number of hydrogen-bond donors (Lipinski definition) is 1. The number of carbonyl (C=O) groups excluding carboxylic acids is 1. The normalized spacial score (nSPS) is 11.1. The lowest BCUT2D eigenvalue weighted by Gasteiger charge is -2.23. The number of anilines is 2. The molecule has 2 aromatic carbocycles. The van der Waals surface area contributed by atoms with Gasteiger partial charge in [0.05, 0.1) is 29.8 Å². The molecule has 2 aromatic rings. The van der Waals surface area contributed by atoms with Crippen LogP contribution in [0.2, 0.25) is 5.02 Å². The lowest BCUT2D eigenvalue weighted by molar-refractivity contribution is -0.116. The van der Waals surface area contributed by atoms with Gasteiger partial charge in [-0.1, -0.05) is 23.7 Å². The molecule has 0 unspecified atom stereocenters. The van der Waals surface area contributed by atoms with Crippen molar-refractivity contribution in [2.75, 3.05) is 35.8 Å². The van der Waals surface area contributed by atoms with Gasteiger partial charge in [0.2, 0.25) is 15.9 Å². The highest BCUT2D eigenvalue weighted by atomic mass is 35.5. The van der Waals surface area contributed by atoms with Crippen molar-refractivity contribution in [3.05, 3.63) is 47.5 Å². The van der Waals surface area contributed by atoms with Crippen molar-refractivity contribution in [3.63, 3.8) is 0 Å². The van der Waals surface area contributed by atoms with Crippen molar-refractivity contribution in [2.24, 2.45) is 0 Å². The first kappa shape index (κ1) is 22.4. The molecule has 0 bridgehead atoms. The van der Waals surface area contributed by atoms with Crippen molar-refractivity contribution in [1.82, 2.24) is 0 Å². The average Bonchev–Trinajstić information content (AvgIpc) is 2.64. The van der Waals surface area contributed by atoms with Crippen LogP contribution in [0.3, 0.4) is 0 Å². The molecule has 6 nitrogen and oxygen atoms in total. The Morgan fingerprint density at radius 3 is 2.57 bits per heavy atom. The molecule has 1 N–H and O–H groups in total. The van der Waals surface area contributed by atoms with Gasteiger partial charge in [-0.2, -0.15) is 0 Å². The Bertz CT molecular complexity index is 935. The molecule has 1 amide bonds. The molecular weight excluding hydrogens is 420 g/mol. The van der Waals surface area contributed by atoms with E-state index < -0.39 is 10.0 Å². The number of benzene rings is 2. The predicted octanol–water partition coefficient (Wildman–Crippen LogP) is 4.26. The third-order valence-electron chi connectivity index (χ3n) is 3.97. The van der Waals surface area contributed by atoms with Gasteiger partial charge in [-0.05, 0) is 43.0 Å². The minimum absolute atomic E-state index is 0.164. The lowest BCUT2D eigenvalue weighted by atomic mass is 10.2. The quantitative estimate of drug-likeness (QED) is 0.587. The summed E-state index contributed by atoms with van der Waals surface area (Å²) < 4.78 is 30.7. The van der Waals surface area contributed by atoms with Crippen LogP contribution in [0, 0.1) is 0 Å². The molecule has 0 fully saturated rings. The Hall–Kier alpha value is -1.90. The highest BCUT2D eigenvalue weighted by Gasteiger charge is 2.19. The van der Waals surface area contributed by atoms with Crippen LogP contribution in [-0.4, -0.2) is 40.5 Å². The number of ether oxygens (including phenoxy) is 1. The van der Waals surface area contributed by atoms with Crippen LogP contribution >= 0.6 is 23.4 Å². The van der Waals surface area contributed by atoms with E-state index in [0.29, 0.717) is 22.9 Å². The summed E-state index contributed by atoms with van der Waals surface area (Å²) in [6, 6.07) is 12.3. The van der Waals surface area contributed by atoms with E-state index in [1.54, 1.807) is 23.9 Å². The average molecular weight is 443 g/mol. The molecule has 28 heavy (non-hydrogen) atoms. The molecule has 0 aliphatic heterocycles. The fourth-order valence-corrected chi connectivity index (χ4v) is 4.40. The maximum absolute atomic E-state index is 12.3. The number of sulfonamides is 1. The minimum atomic E-state index is -3.52. The third kappa shape index (κ3) is 6.05. The van der Waals surface area contributed by atoms with Gasteiger partial charge in [0.15, 0.2) is 0 Å². The first-order chi connectivity index (χ1) is 13.3. The summed E-state index contributed by atoms with van der Waals surface area (Å²) in [5.41, 5.74) is 1.18. The second-order valence-electron chi connectivity index (χ2n) is 6.01. The van der Waals surface area contributed by atoms with Crippen LogP contribution in [0.4, 0.5) is 11.4 Å². The lowest BCUT2D eigenvalue weighted by Crippen LogP contribution is -2.31. The number of para-hydroxylation sites is 1. The molecule has 0 aliphatic carbocycles. The van der Waals surface area contributed by atoms with Crippen LogP contribution in [0.5, 0.6) is 5.75 Å². The van der Waals surface area contributed by atoms with E-state index in [4.69, 9.17) is 16.3 Å². The molecule has 0 saturated heterocycles. The maximum atomic E-state index is 12.3. The summed E-state index contributed by atoms with van der Waals surface area (Å²) in [7, 11) is -2.03. The fraction of sp³-hybridized carbons (Fsp3) is 0.316. The summed E-state index contributed by atoms with van der Waals surface area (Å²) >= 11 is 7.66. The highest BCUT2D eigenvalue weighted by Crippen LogP contribution is 2.30. The topological polar surface area (TPSA) is 75.7 Å². The van der Waals surface area contributed by atoms with Gasteiger partial charge < -0.3 is 10.1 Å². The third-order valence-corrected chi connectivity index (χ3v) is 6.26. The Labute approximate surface area is 175 Å². The highest BCUT2D eigenvalue weighted by molar-refractivity contribution is 7.98. The smallest absolute Gasteiger partial charge is 0.232 e.